The molecule has 3 rings (SSSR count). The topological polar surface area (TPSA) is 58.2 Å². The summed E-state index contributed by atoms with van der Waals surface area (Å²) in [6, 6.07) is 13.0. The summed E-state index contributed by atoms with van der Waals surface area (Å²) in [6.07, 6.45) is 2.23. The van der Waals surface area contributed by atoms with Gasteiger partial charge in [-0.3, -0.25) is 9.59 Å². The minimum absolute atomic E-state index is 0.158. The Labute approximate surface area is 139 Å². The molecule has 5 heteroatoms. The third-order valence-electron chi connectivity index (χ3n) is 3.61. The quantitative estimate of drug-likeness (QED) is 0.898. The zero-order chi connectivity index (χ0) is 16.2. The van der Waals surface area contributed by atoms with Crippen molar-refractivity contribution in [2.24, 2.45) is 0 Å². The Bertz CT molecular complexity index is 758. The van der Waals surface area contributed by atoms with Gasteiger partial charge in [-0.1, -0.05) is 6.07 Å². The maximum atomic E-state index is 12.4. The van der Waals surface area contributed by atoms with Crippen molar-refractivity contribution in [1.82, 2.24) is 0 Å². The number of aryl methyl sites for hydroxylation is 1. The first kappa shape index (κ1) is 15.6. The van der Waals surface area contributed by atoms with Crippen LogP contribution in [-0.2, 0) is 11.2 Å². The molecule has 1 heterocycles. The molecule has 1 aliphatic rings. The van der Waals surface area contributed by atoms with Crippen molar-refractivity contribution < 1.29 is 9.59 Å². The molecule has 23 heavy (non-hydrogen) atoms. The van der Waals surface area contributed by atoms with Gasteiger partial charge in [0.2, 0.25) is 5.91 Å². The Hall–Kier alpha value is -2.27. The SMILES string of the molecule is CC(=O)Nc1cccc(C(=O)Nc2ccc3c(c2)CCCS3)c1. The van der Waals surface area contributed by atoms with Crippen LogP contribution in [0.1, 0.15) is 29.3 Å². The summed E-state index contributed by atoms with van der Waals surface area (Å²) in [5, 5.41) is 5.61. The van der Waals surface area contributed by atoms with Crippen molar-refractivity contribution in [3.63, 3.8) is 0 Å². The van der Waals surface area contributed by atoms with Gasteiger partial charge < -0.3 is 10.6 Å². The second kappa shape index (κ2) is 6.87. The summed E-state index contributed by atoms with van der Waals surface area (Å²) >= 11 is 1.87. The van der Waals surface area contributed by atoms with Gasteiger partial charge in [-0.05, 0) is 60.6 Å². The van der Waals surface area contributed by atoms with Crippen molar-refractivity contribution in [1.29, 1.82) is 0 Å². The highest BCUT2D eigenvalue weighted by atomic mass is 32.2. The number of hydrogen-bond acceptors (Lipinski definition) is 3. The van der Waals surface area contributed by atoms with Crippen LogP contribution in [0.3, 0.4) is 0 Å². The fraction of sp³-hybridized carbons (Fsp3) is 0.222. The largest absolute Gasteiger partial charge is 0.326 e. The Kier molecular flexibility index (Phi) is 4.67. The van der Waals surface area contributed by atoms with Gasteiger partial charge in [-0.2, -0.15) is 0 Å². The van der Waals surface area contributed by atoms with E-state index in [0.29, 0.717) is 11.3 Å². The maximum absolute atomic E-state index is 12.4. The predicted octanol–water partition coefficient (Wildman–Crippen LogP) is 3.94. The van der Waals surface area contributed by atoms with Gasteiger partial charge >= 0.3 is 0 Å². The van der Waals surface area contributed by atoms with Crippen LogP contribution in [0, 0.1) is 0 Å². The number of amides is 2. The molecule has 0 aliphatic carbocycles. The summed E-state index contributed by atoms with van der Waals surface area (Å²) in [5.41, 5.74) is 3.24. The second-order valence-electron chi connectivity index (χ2n) is 5.49. The number of carbonyl (C=O) groups is 2. The van der Waals surface area contributed by atoms with E-state index in [1.807, 2.05) is 17.8 Å². The highest BCUT2D eigenvalue weighted by Gasteiger charge is 2.12. The molecule has 2 aromatic carbocycles. The summed E-state index contributed by atoms with van der Waals surface area (Å²) in [4.78, 5) is 24.8. The van der Waals surface area contributed by atoms with Crippen molar-refractivity contribution in [3.8, 4) is 0 Å². The van der Waals surface area contributed by atoms with Gasteiger partial charge in [0.25, 0.3) is 5.91 Å². The number of anilines is 2. The van der Waals surface area contributed by atoms with E-state index in [1.54, 1.807) is 24.3 Å². The molecule has 0 atom stereocenters. The molecule has 0 saturated heterocycles. The summed E-state index contributed by atoms with van der Waals surface area (Å²) in [6.45, 7) is 1.44. The number of nitrogens with one attached hydrogen (secondary N) is 2. The number of thioether (sulfide) groups is 1. The van der Waals surface area contributed by atoms with Crippen LogP contribution in [0.4, 0.5) is 11.4 Å². The van der Waals surface area contributed by atoms with Crippen molar-refractivity contribution in [3.05, 3.63) is 53.6 Å². The van der Waals surface area contributed by atoms with Gasteiger partial charge in [-0.25, -0.2) is 0 Å². The van der Waals surface area contributed by atoms with E-state index >= 15 is 0 Å². The van der Waals surface area contributed by atoms with Crippen molar-refractivity contribution >= 4 is 35.0 Å². The first-order valence-corrected chi connectivity index (χ1v) is 8.55. The second-order valence-corrected chi connectivity index (χ2v) is 6.63. The molecule has 0 spiro atoms. The van der Waals surface area contributed by atoms with Crippen LogP contribution in [0.15, 0.2) is 47.4 Å². The zero-order valence-electron chi connectivity index (χ0n) is 12.9. The molecule has 0 unspecified atom stereocenters. The van der Waals surface area contributed by atoms with E-state index in [4.69, 9.17) is 0 Å². The minimum Gasteiger partial charge on any atom is -0.326 e. The Morgan fingerprint density at radius 3 is 2.70 bits per heavy atom. The molecule has 0 saturated carbocycles. The first-order valence-electron chi connectivity index (χ1n) is 7.56. The molecule has 0 aromatic heterocycles. The maximum Gasteiger partial charge on any atom is 0.255 e. The number of rotatable bonds is 3. The fourth-order valence-corrected chi connectivity index (χ4v) is 3.60. The molecule has 2 N–H and O–H groups in total. The molecular weight excluding hydrogens is 308 g/mol. The average Bonchev–Trinajstić information content (AvgIpc) is 2.54. The molecular formula is C18H18N2O2S. The average molecular weight is 326 g/mol. The molecule has 0 fully saturated rings. The van der Waals surface area contributed by atoms with Crippen LogP contribution in [0.2, 0.25) is 0 Å². The van der Waals surface area contributed by atoms with E-state index in [0.717, 1.165) is 17.9 Å². The highest BCUT2D eigenvalue weighted by molar-refractivity contribution is 7.99. The van der Waals surface area contributed by atoms with Gasteiger partial charge in [0.1, 0.15) is 0 Å². The summed E-state index contributed by atoms with van der Waals surface area (Å²) < 4.78 is 0. The van der Waals surface area contributed by atoms with E-state index in [-0.39, 0.29) is 11.8 Å². The zero-order valence-corrected chi connectivity index (χ0v) is 13.7. The molecule has 0 radical (unpaired) electrons. The van der Waals surface area contributed by atoms with Crippen LogP contribution >= 0.6 is 11.8 Å². The fourth-order valence-electron chi connectivity index (χ4n) is 2.58. The molecule has 2 amide bonds. The lowest BCUT2D eigenvalue weighted by molar-refractivity contribution is -0.114. The van der Waals surface area contributed by atoms with Crippen molar-refractivity contribution in [2.75, 3.05) is 16.4 Å². The smallest absolute Gasteiger partial charge is 0.255 e. The lowest BCUT2D eigenvalue weighted by atomic mass is 10.1. The van der Waals surface area contributed by atoms with E-state index in [2.05, 4.69) is 22.8 Å². The number of fused-ring (bicyclic) bond motifs is 1. The minimum atomic E-state index is -0.180. The van der Waals surface area contributed by atoms with Gasteiger partial charge in [0.05, 0.1) is 0 Å². The summed E-state index contributed by atoms with van der Waals surface area (Å²) in [7, 11) is 0. The Morgan fingerprint density at radius 1 is 1.04 bits per heavy atom. The van der Waals surface area contributed by atoms with E-state index in [9.17, 15) is 9.59 Å². The number of benzene rings is 2. The van der Waals surface area contributed by atoms with Crippen molar-refractivity contribution in [2.45, 2.75) is 24.7 Å². The van der Waals surface area contributed by atoms with E-state index < -0.39 is 0 Å². The standard InChI is InChI=1S/C18H18N2O2S/c1-12(21)19-15-6-2-4-14(11-15)18(22)20-16-7-8-17-13(10-16)5-3-9-23-17/h2,4,6-8,10-11H,3,5,9H2,1H3,(H,19,21)(H,20,22). The lowest BCUT2D eigenvalue weighted by Gasteiger charge is -2.16. The Morgan fingerprint density at radius 2 is 1.87 bits per heavy atom. The molecule has 4 nitrogen and oxygen atoms in total. The van der Waals surface area contributed by atoms with Gasteiger partial charge in [0.15, 0.2) is 0 Å². The van der Waals surface area contributed by atoms with Crippen LogP contribution in [0.25, 0.3) is 0 Å². The lowest BCUT2D eigenvalue weighted by Crippen LogP contribution is -2.13. The molecule has 0 bridgehead atoms. The van der Waals surface area contributed by atoms with Crippen LogP contribution in [0.5, 0.6) is 0 Å². The molecule has 1 aliphatic heterocycles. The van der Waals surface area contributed by atoms with Gasteiger partial charge in [0, 0.05) is 28.8 Å². The van der Waals surface area contributed by atoms with E-state index in [1.165, 1.54) is 23.8 Å². The first-order chi connectivity index (χ1) is 11.1. The normalized spacial score (nSPS) is 13.1. The highest BCUT2D eigenvalue weighted by Crippen LogP contribution is 2.31. The number of hydrogen-bond donors (Lipinski definition) is 2. The Balaban J connectivity index is 1.75. The predicted molar refractivity (Wildman–Crippen MR) is 94.2 cm³/mol. The number of carbonyl (C=O) groups excluding carboxylic acids is 2. The molecule has 2 aromatic rings. The third kappa shape index (κ3) is 3.93. The van der Waals surface area contributed by atoms with Crippen LogP contribution < -0.4 is 10.6 Å². The summed E-state index contributed by atoms with van der Waals surface area (Å²) in [5.74, 6) is 0.824. The van der Waals surface area contributed by atoms with Gasteiger partial charge in [-0.15, -0.1) is 11.8 Å². The van der Waals surface area contributed by atoms with Crippen LogP contribution in [-0.4, -0.2) is 17.6 Å². The third-order valence-corrected chi connectivity index (χ3v) is 4.81. The molecule has 118 valence electrons. The monoisotopic (exact) mass is 326 g/mol.